The van der Waals surface area contributed by atoms with Crippen molar-refractivity contribution >= 4 is 12.0 Å². The highest BCUT2D eigenvalue weighted by atomic mass is 19.4. The molecule has 8 heteroatoms. The first kappa shape index (κ1) is 16.6. The molecule has 0 aromatic rings. The average molecular weight is 296 g/mol. The van der Waals surface area contributed by atoms with E-state index < -0.39 is 23.7 Å². The van der Waals surface area contributed by atoms with Gasteiger partial charge in [0.05, 0.1) is 0 Å². The van der Waals surface area contributed by atoms with Gasteiger partial charge < -0.3 is 15.7 Å². The van der Waals surface area contributed by atoms with Crippen molar-refractivity contribution in [2.75, 3.05) is 0 Å². The maximum absolute atomic E-state index is 12.7. The standard InChI is InChI=1S/C12H19F3N2O3/c1-7-5-3-4-6-8(7)16-10(20)17-11(2,9(18)19)12(13,14)15/h7-8H,3-6H2,1-2H3,(H,18,19)(H2,16,17,20). The molecule has 2 amide bonds. The van der Waals surface area contributed by atoms with Crippen molar-refractivity contribution in [1.82, 2.24) is 10.6 Å². The highest BCUT2D eigenvalue weighted by Crippen LogP contribution is 2.30. The lowest BCUT2D eigenvalue weighted by molar-refractivity contribution is -0.203. The molecule has 20 heavy (non-hydrogen) atoms. The van der Waals surface area contributed by atoms with Crippen molar-refractivity contribution in [3.63, 3.8) is 0 Å². The van der Waals surface area contributed by atoms with Crippen molar-refractivity contribution in [3.8, 4) is 0 Å². The second kappa shape index (κ2) is 5.88. The number of alkyl halides is 3. The number of aliphatic carboxylic acids is 1. The zero-order valence-corrected chi connectivity index (χ0v) is 11.4. The summed E-state index contributed by atoms with van der Waals surface area (Å²) < 4.78 is 38.2. The molecule has 3 atom stereocenters. The maximum atomic E-state index is 12.7. The summed E-state index contributed by atoms with van der Waals surface area (Å²) in [6.45, 7) is 2.34. The van der Waals surface area contributed by atoms with E-state index in [9.17, 15) is 22.8 Å². The zero-order valence-electron chi connectivity index (χ0n) is 11.4. The SMILES string of the molecule is CC1CCCCC1NC(=O)NC(C)(C(=O)O)C(F)(F)F. The van der Waals surface area contributed by atoms with Crippen LogP contribution in [0, 0.1) is 5.92 Å². The number of carboxylic acids is 1. The van der Waals surface area contributed by atoms with Crippen LogP contribution < -0.4 is 10.6 Å². The van der Waals surface area contributed by atoms with Crippen LogP contribution in [-0.2, 0) is 4.79 Å². The van der Waals surface area contributed by atoms with Crippen LogP contribution >= 0.6 is 0 Å². The van der Waals surface area contributed by atoms with Crippen molar-refractivity contribution in [2.45, 2.75) is 57.3 Å². The molecule has 0 heterocycles. The molecule has 1 aliphatic carbocycles. The number of carbonyl (C=O) groups is 2. The summed E-state index contributed by atoms with van der Waals surface area (Å²) in [5.74, 6) is -1.98. The van der Waals surface area contributed by atoms with Gasteiger partial charge in [0.2, 0.25) is 5.54 Å². The molecule has 0 saturated heterocycles. The second-order valence-corrected chi connectivity index (χ2v) is 5.39. The van der Waals surface area contributed by atoms with Gasteiger partial charge in [-0.1, -0.05) is 19.8 Å². The Bertz CT molecular complexity index is 387. The summed E-state index contributed by atoms with van der Waals surface area (Å²) in [6, 6.07) is -1.33. The van der Waals surface area contributed by atoms with Gasteiger partial charge in [0.1, 0.15) is 0 Å². The van der Waals surface area contributed by atoms with Gasteiger partial charge in [0, 0.05) is 6.04 Å². The molecule has 0 bridgehead atoms. The predicted octanol–water partition coefficient (Wildman–Crippen LogP) is 2.27. The fourth-order valence-corrected chi connectivity index (χ4v) is 2.21. The number of rotatable bonds is 3. The average Bonchev–Trinajstić information content (AvgIpc) is 2.30. The first-order valence-corrected chi connectivity index (χ1v) is 6.46. The third-order valence-electron chi connectivity index (χ3n) is 3.79. The minimum absolute atomic E-state index is 0.163. The van der Waals surface area contributed by atoms with Crippen LogP contribution in [0.1, 0.15) is 39.5 Å². The quantitative estimate of drug-likeness (QED) is 0.747. The molecular formula is C12H19F3N2O3. The molecule has 0 radical (unpaired) electrons. The molecule has 0 aliphatic heterocycles. The van der Waals surface area contributed by atoms with Crippen molar-refractivity contribution in [3.05, 3.63) is 0 Å². The van der Waals surface area contributed by atoms with Gasteiger partial charge in [-0.15, -0.1) is 0 Å². The van der Waals surface area contributed by atoms with Crippen LogP contribution in [0.3, 0.4) is 0 Å². The van der Waals surface area contributed by atoms with E-state index in [2.05, 4.69) is 5.32 Å². The Morgan fingerprint density at radius 1 is 1.20 bits per heavy atom. The molecule has 5 nitrogen and oxygen atoms in total. The van der Waals surface area contributed by atoms with Crippen LogP contribution in [0.4, 0.5) is 18.0 Å². The molecular weight excluding hydrogens is 277 g/mol. The number of hydrogen-bond donors (Lipinski definition) is 3. The first-order valence-electron chi connectivity index (χ1n) is 6.46. The molecule has 0 spiro atoms. The summed E-state index contributed by atoms with van der Waals surface area (Å²) >= 11 is 0. The topological polar surface area (TPSA) is 78.4 Å². The van der Waals surface area contributed by atoms with Gasteiger partial charge in [0.15, 0.2) is 0 Å². The zero-order chi connectivity index (χ0) is 15.6. The molecule has 1 fully saturated rings. The van der Waals surface area contributed by atoms with Crippen LogP contribution in [0.5, 0.6) is 0 Å². The van der Waals surface area contributed by atoms with E-state index in [4.69, 9.17) is 5.11 Å². The van der Waals surface area contributed by atoms with Gasteiger partial charge in [0.25, 0.3) is 0 Å². The number of carboxylic acid groups (broad SMARTS) is 1. The second-order valence-electron chi connectivity index (χ2n) is 5.39. The largest absolute Gasteiger partial charge is 0.479 e. The highest BCUT2D eigenvalue weighted by Gasteiger charge is 2.58. The Hall–Kier alpha value is -1.47. The molecule has 3 unspecified atom stereocenters. The minimum Gasteiger partial charge on any atom is -0.479 e. The summed E-state index contributed by atoms with van der Waals surface area (Å²) in [7, 11) is 0. The Balaban J connectivity index is 2.70. The highest BCUT2D eigenvalue weighted by molar-refractivity contribution is 5.86. The van der Waals surface area contributed by atoms with E-state index in [1.807, 2.05) is 6.92 Å². The van der Waals surface area contributed by atoms with E-state index in [1.54, 1.807) is 0 Å². The number of carbonyl (C=O) groups excluding carboxylic acids is 1. The van der Waals surface area contributed by atoms with E-state index in [0.717, 1.165) is 19.3 Å². The third-order valence-corrected chi connectivity index (χ3v) is 3.79. The predicted molar refractivity (Wildman–Crippen MR) is 65.2 cm³/mol. The van der Waals surface area contributed by atoms with Crippen LogP contribution in [0.15, 0.2) is 0 Å². The minimum atomic E-state index is -5.08. The van der Waals surface area contributed by atoms with Gasteiger partial charge >= 0.3 is 18.2 Å². The molecule has 0 aromatic carbocycles. The Kier molecular flexibility index (Phi) is 4.88. The van der Waals surface area contributed by atoms with E-state index >= 15 is 0 Å². The van der Waals surface area contributed by atoms with Crippen LogP contribution in [0.25, 0.3) is 0 Å². The number of hydrogen-bond acceptors (Lipinski definition) is 2. The smallest absolute Gasteiger partial charge is 0.422 e. The van der Waals surface area contributed by atoms with Crippen LogP contribution in [0.2, 0.25) is 0 Å². The molecule has 1 saturated carbocycles. The summed E-state index contributed by atoms with van der Waals surface area (Å²) in [4.78, 5) is 22.4. The van der Waals surface area contributed by atoms with Crippen LogP contribution in [-0.4, -0.2) is 34.9 Å². The number of urea groups is 1. The van der Waals surface area contributed by atoms with E-state index in [-0.39, 0.29) is 12.0 Å². The summed E-state index contributed by atoms with van der Waals surface area (Å²) in [5.41, 5.74) is -3.30. The lowest BCUT2D eigenvalue weighted by atomic mass is 9.86. The molecule has 1 rings (SSSR count). The van der Waals surface area contributed by atoms with Crippen molar-refractivity contribution in [1.29, 1.82) is 0 Å². The lowest BCUT2D eigenvalue weighted by Gasteiger charge is -2.32. The molecule has 116 valence electrons. The van der Waals surface area contributed by atoms with E-state index in [1.165, 1.54) is 5.32 Å². The number of amides is 2. The van der Waals surface area contributed by atoms with E-state index in [0.29, 0.717) is 13.3 Å². The summed E-state index contributed by atoms with van der Waals surface area (Å²) in [5, 5.41) is 12.7. The molecule has 1 aliphatic rings. The Morgan fingerprint density at radius 2 is 1.75 bits per heavy atom. The van der Waals surface area contributed by atoms with Gasteiger partial charge in [-0.2, -0.15) is 13.2 Å². The van der Waals surface area contributed by atoms with Gasteiger partial charge in [-0.3, -0.25) is 0 Å². The normalized spacial score (nSPS) is 26.4. The fraction of sp³-hybridized carbons (Fsp3) is 0.833. The molecule has 0 aromatic heterocycles. The van der Waals surface area contributed by atoms with Crippen molar-refractivity contribution < 1.29 is 27.9 Å². The van der Waals surface area contributed by atoms with Gasteiger partial charge in [-0.25, -0.2) is 9.59 Å². The molecule has 3 N–H and O–H groups in total. The van der Waals surface area contributed by atoms with Crippen molar-refractivity contribution in [2.24, 2.45) is 5.92 Å². The van der Waals surface area contributed by atoms with Gasteiger partial charge in [-0.05, 0) is 25.7 Å². The lowest BCUT2D eigenvalue weighted by Crippen LogP contribution is -2.64. The Labute approximate surface area is 114 Å². The fourth-order valence-electron chi connectivity index (χ4n) is 2.21. The Morgan fingerprint density at radius 3 is 2.20 bits per heavy atom. The number of nitrogens with one attached hydrogen (secondary N) is 2. The summed E-state index contributed by atoms with van der Waals surface area (Å²) in [6.07, 6.45) is -1.58. The number of halogens is 3. The third kappa shape index (κ3) is 3.55. The first-order chi connectivity index (χ1) is 9.08. The maximum Gasteiger partial charge on any atom is 0.422 e. The monoisotopic (exact) mass is 296 g/mol.